The minimum atomic E-state index is -1.03. The van der Waals surface area contributed by atoms with Gasteiger partial charge in [0.15, 0.2) is 0 Å². The fourth-order valence-electron chi connectivity index (χ4n) is 3.55. The van der Waals surface area contributed by atoms with E-state index in [1.165, 1.54) is 6.07 Å². The molecular formula is C21H25NO5. The largest absolute Gasteiger partial charge is 0.478 e. The molecule has 1 fully saturated rings. The van der Waals surface area contributed by atoms with Crippen molar-refractivity contribution in [2.45, 2.75) is 39.3 Å². The maximum atomic E-state index is 13.1. The van der Waals surface area contributed by atoms with Crippen LogP contribution in [0.15, 0.2) is 34.7 Å². The third-order valence-corrected chi connectivity index (χ3v) is 5.01. The van der Waals surface area contributed by atoms with Gasteiger partial charge in [0.2, 0.25) is 5.91 Å². The van der Waals surface area contributed by atoms with Crippen LogP contribution < -0.4 is 0 Å². The molecule has 1 aliphatic rings. The molecule has 1 N–H and O–H groups in total. The van der Waals surface area contributed by atoms with Gasteiger partial charge in [-0.25, -0.2) is 4.79 Å². The van der Waals surface area contributed by atoms with Gasteiger partial charge in [0.05, 0.1) is 18.6 Å². The average Bonchev–Trinajstić information content (AvgIpc) is 3.02. The lowest BCUT2D eigenvalue weighted by Gasteiger charge is -2.33. The van der Waals surface area contributed by atoms with Crippen molar-refractivity contribution in [2.24, 2.45) is 5.92 Å². The van der Waals surface area contributed by atoms with Gasteiger partial charge >= 0.3 is 5.97 Å². The second-order valence-corrected chi connectivity index (χ2v) is 7.13. The molecule has 0 bridgehead atoms. The molecular weight excluding hydrogens is 346 g/mol. The first-order valence-corrected chi connectivity index (χ1v) is 9.12. The van der Waals surface area contributed by atoms with Crippen molar-refractivity contribution >= 4 is 11.9 Å². The Morgan fingerprint density at radius 1 is 1.22 bits per heavy atom. The Labute approximate surface area is 158 Å². The number of hydrogen-bond acceptors (Lipinski definition) is 4. The summed E-state index contributed by atoms with van der Waals surface area (Å²) < 4.78 is 11.4. The second-order valence-electron chi connectivity index (χ2n) is 7.13. The first-order chi connectivity index (χ1) is 12.9. The number of carboxylic acids is 1. The summed E-state index contributed by atoms with van der Waals surface area (Å²) in [4.78, 5) is 25.8. The minimum Gasteiger partial charge on any atom is -0.478 e. The van der Waals surface area contributed by atoms with Crippen LogP contribution in [-0.2, 0) is 16.1 Å². The van der Waals surface area contributed by atoms with Gasteiger partial charge in [0.25, 0.3) is 0 Å². The summed E-state index contributed by atoms with van der Waals surface area (Å²) in [5.74, 6) is -0.509. The fraction of sp³-hybridized carbons (Fsp3) is 0.429. The number of carboxylic acid groups (broad SMARTS) is 1. The molecule has 0 aliphatic carbocycles. The fourth-order valence-corrected chi connectivity index (χ4v) is 3.55. The number of aromatic carboxylic acids is 1. The van der Waals surface area contributed by atoms with Crippen LogP contribution in [0.1, 0.15) is 52.0 Å². The van der Waals surface area contributed by atoms with E-state index in [4.69, 9.17) is 14.3 Å². The maximum absolute atomic E-state index is 13.1. The summed E-state index contributed by atoms with van der Waals surface area (Å²) in [5, 5.41) is 9.15. The monoisotopic (exact) mass is 371 g/mol. The molecule has 1 aliphatic heterocycles. The van der Waals surface area contributed by atoms with Gasteiger partial charge < -0.3 is 19.2 Å². The molecule has 2 unspecified atom stereocenters. The first kappa shape index (κ1) is 19.2. The van der Waals surface area contributed by atoms with Gasteiger partial charge in [-0.05, 0) is 38.3 Å². The molecule has 6 heteroatoms. The molecule has 1 amide bonds. The third kappa shape index (κ3) is 4.22. The quantitative estimate of drug-likeness (QED) is 0.866. The Balaban J connectivity index is 1.74. The third-order valence-electron chi connectivity index (χ3n) is 5.01. The zero-order chi connectivity index (χ0) is 19.6. The summed E-state index contributed by atoms with van der Waals surface area (Å²) in [6.45, 7) is 4.51. The molecule has 27 heavy (non-hydrogen) atoms. The number of ether oxygens (including phenoxy) is 1. The summed E-state index contributed by atoms with van der Waals surface area (Å²) in [7, 11) is 1.71. The van der Waals surface area contributed by atoms with Crippen LogP contribution in [0.25, 0.3) is 0 Å². The van der Waals surface area contributed by atoms with Crippen LogP contribution in [-0.4, -0.2) is 35.5 Å². The lowest BCUT2D eigenvalue weighted by molar-refractivity contribution is -0.145. The molecule has 1 aromatic carbocycles. The highest BCUT2D eigenvalue weighted by molar-refractivity contribution is 5.88. The highest BCUT2D eigenvalue weighted by Gasteiger charge is 2.35. The van der Waals surface area contributed by atoms with Crippen molar-refractivity contribution in [1.29, 1.82) is 0 Å². The number of hydrogen-bond donors (Lipinski definition) is 1. The lowest BCUT2D eigenvalue weighted by Crippen LogP contribution is -2.38. The molecule has 0 spiro atoms. The number of rotatable bonds is 5. The van der Waals surface area contributed by atoms with Crippen molar-refractivity contribution in [3.8, 4) is 0 Å². The molecule has 2 aromatic rings. The van der Waals surface area contributed by atoms with E-state index in [-0.39, 0.29) is 30.0 Å². The summed E-state index contributed by atoms with van der Waals surface area (Å²) >= 11 is 0. The number of carbonyl (C=O) groups excluding carboxylic acids is 1. The van der Waals surface area contributed by atoms with Gasteiger partial charge in [-0.1, -0.05) is 29.8 Å². The van der Waals surface area contributed by atoms with E-state index in [0.29, 0.717) is 18.1 Å². The Kier molecular flexibility index (Phi) is 5.65. The van der Waals surface area contributed by atoms with E-state index in [0.717, 1.165) is 24.0 Å². The van der Waals surface area contributed by atoms with Crippen molar-refractivity contribution < 1.29 is 23.8 Å². The lowest BCUT2D eigenvalue weighted by atomic mass is 9.88. The zero-order valence-electron chi connectivity index (χ0n) is 15.9. The van der Waals surface area contributed by atoms with Crippen molar-refractivity contribution in [2.75, 3.05) is 13.7 Å². The van der Waals surface area contributed by atoms with Gasteiger partial charge in [-0.2, -0.15) is 0 Å². The summed E-state index contributed by atoms with van der Waals surface area (Å²) in [6, 6.07) is 9.56. The van der Waals surface area contributed by atoms with E-state index in [1.54, 1.807) is 18.9 Å². The van der Waals surface area contributed by atoms with Crippen LogP contribution in [0.3, 0.4) is 0 Å². The normalized spacial score (nSPS) is 19.7. The van der Waals surface area contributed by atoms with Crippen molar-refractivity contribution in [3.05, 3.63) is 58.5 Å². The summed E-state index contributed by atoms with van der Waals surface area (Å²) in [5.41, 5.74) is 2.30. The van der Waals surface area contributed by atoms with Crippen LogP contribution in [0.4, 0.5) is 0 Å². The van der Waals surface area contributed by atoms with Gasteiger partial charge in [0.1, 0.15) is 17.1 Å². The number of benzene rings is 1. The van der Waals surface area contributed by atoms with Crippen LogP contribution in [0.2, 0.25) is 0 Å². The van der Waals surface area contributed by atoms with E-state index in [9.17, 15) is 9.59 Å². The predicted molar refractivity (Wildman–Crippen MR) is 99.5 cm³/mol. The minimum absolute atomic E-state index is 0.0220. The van der Waals surface area contributed by atoms with Crippen LogP contribution >= 0.6 is 0 Å². The topological polar surface area (TPSA) is 80.0 Å². The standard InChI is InChI=1S/C21H25NO5/c1-13-6-8-15(9-7-13)19-17(5-4-10-26-19)20(23)22(3)12-16-11-18(21(24)25)14(2)27-16/h6-9,11,17,19H,4-5,10,12H2,1-3H3,(H,24,25). The smallest absolute Gasteiger partial charge is 0.339 e. The molecule has 2 atom stereocenters. The number of carbonyl (C=O) groups is 2. The van der Waals surface area contributed by atoms with E-state index in [1.807, 2.05) is 31.2 Å². The van der Waals surface area contributed by atoms with Crippen molar-refractivity contribution in [3.63, 3.8) is 0 Å². The molecule has 1 aromatic heterocycles. The molecule has 0 saturated carbocycles. The van der Waals surface area contributed by atoms with E-state index < -0.39 is 5.97 Å². The van der Waals surface area contributed by atoms with Crippen molar-refractivity contribution in [1.82, 2.24) is 4.90 Å². The Morgan fingerprint density at radius 3 is 2.56 bits per heavy atom. The highest BCUT2D eigenvalue weighted by atomic mass is 16.5. The second kappa shape index (κ2) is 7.96. The summed E-state index contributed by atoms with van der Waals surface area (Å²) in [6.07, 6.45) is 1.34. The number of furan rings is 1. The number of nitrogens with zero attached hydrogens (tertiary/aromatic N) is 1. The van der Waals surface area contributed by atoms with Crippen LogP contribution in [0, 0.1) is 19.8 Å². The molecule has 3 rings (SSSR count). The molecule has 1 saturated heterocycles. The van der Waals surface area contributed by atoms with Gasteiger partial charge in [-0.3, -0.25) is 4.79 Å². The Bertz CT molecular complexity index is 824. The van der Waals surface area contributed by atoms with E-state index in [2.05, 4.69) is 0 Å². The molecule has 6 nitrogen and oxygen atoms in total. The molecule has 0 radical (unpaired) electrons. The highest BCUT2D eigenvalue weighted by Crippen LogP contribution is 2.35. The first-order valence-electron chi connectivity index (χ1n) is 9.12. The molecule has 144 valence electrons. The average molecular weight is 371 g/mol. The number of amides is 1. The predicted octanol–water partition coefficient (Wildman–Crippen LogP) is 3.72. The van der Waals surface area contributed by atoms with Gasteiger partial charge in [-0.15, -0.1) is 0 Å². The van der Waals surface area contributed by atoms with Gasteiger partial charge in [0, 0.05) is 13.7 Å². The Morgan fingerprint density at radius 2 is 1.93 bits per heavy atom. The van der Waals surface area contributed by atoms with Crippen LogP contribution in [0.5, 0.6) is 0 Å². The van der Waals surface area contributed by atoms with E-state index >= 15 is 0 Å². The number of aryl methyl sites for hydroxylation is 2. The maximum Gasteiger partial charge on any atom is 0.339 e. The zero-order valence-corrected chi connectivity index (χ0v) is 15.9. The SMILES string of the molecule is Cc1ccc(C2OCCCC2C(=O)N(C)Cc2cc(C(=O)O)c(C)o2)cc1. The Hall–Kier alpha value is -2.60. The molecule has 2 heterocycles.